The average Bonchev–Trinajstić information content (AvgIpc) is 3.31. The summed E-state index contributed by atoms with van der Waals surface area (Å²) in [5.74, 6) is -3.15. The molecule has 0 aliphatic carbocycles. The van der Waals surface area contributed by atoms with E-state index in [1.54, 1.807) is 36.4 Å². The Balaban J connectivity index is 1.39. The van der Waals surface area contributed by atoms with Gasteiger partial charge in [-0.05, 0) is 61.1 Å². The van der Waals surface area contributed by atoms with Crippen molar-refractivity contribution in [3.63, 3.8) is 0 Å². The Labute approximate surface area is 231 Å². The maximum Gasteiger partial charge on any atom is 0.303 e. The third-order valence-electron chi connectivity index (χ3n) is 7.32. The lowest BCUT2D eigenvalue weighted by atomic mass is 9.97. The summed E-state index contributed by atoms with van der Waals surface area (Å²) in [4.78, 5) is 75.4. The van der Waals surface area contributed by atoms with E-state index in [1.165, 1.54) is 9.80 Å². The number of rotatable bonds is 15. The molecule has 0 radical (unpaired) electrons. The highest BCUT2D eigenvalue weighted by Gasteiger charge is 2.37. The van der Waals surface area contributed by atoms with Gasteiger partial charge >= 0.3 is 11.9 Å². The van der Waals surface area contributed by atoms with Gasteiger partial charge in [-0.15, -0.1) is 0 Å². The smallest absolute Gasteiger partial charge is 0.303 e. The van der Waals surface area contributed by atoms with Gasteiger partial charge in [-0.25, -0.2) is 0 Å². The number of unbranched alkanes of at least 4 members (excludes halogenated alkanes) is 6. The largest absolute Gasteiger partial charge is 0.481 e. The molecular formula is C30H32N2O8. The van der Waals surface area contributed by atoms with Gasteiger partial charge in [0.25, 0.3) is 23.6 Å². The van der Waals surface area contributed by atoms with Crippen LogP contribution in [0.4, 0.5) is 0 Å². The van der Waals surface area contributed by atoms with E-state index >= 15 is 0 Å². The van der Waals surface area contributed by atoms with Crippen LogP contribution < -0.4 is 0 Å². The Hall–Kier alpha value is -4.34. The molecule has 0 atom stereocenters. The number of nitrogens with zero attached hydrogens (tertiary/aromatic N) is 2. The zero-order chi connectivity index (χ0) is 28.8. The van der Waals surface area contributed by atoms with Crippen molar-refractivity contribution in [1.29, 1.82) is 0 Å². The number of carboxylic acid groups (broad SMARTS) is 2. The minimum Gasteiger partial charge on any atom is -0.481 e. The summed E-state index contributed by atoms with van der Waals surface area (Å²) in [6, 6.07) is 9.93. The number of hydrogen-bond donors (Lipinski definition) is 2. The average molecular weight is 549 g/mol. The molecule has 2 aliphatic rings. The summed E-state index contributed by atoms with van der Waals surface area (Å²) in [5, 5.41) is 17.4. The first kappa shape index (κ1) is 28.7. The van der Waals surface area contributed by atoms with Gasteiger partial charge in [0, 0.05) is 25.9 Å². The monoisotopic (exact) mass is 548 g/mol. The molecule has 40 heavy (non-hydrogen) atoms. The van der Waals surface area contributed by atoms with E-state index in [9.17, 15) is 28.8 Å². The lowest BCUT2D eigenvalue weighted by Crippen LogP contribution is -2.30. The number of carbonyl (C=O) groups excluding carboxylic acids is 4. The number of amides is 4. The van der Waals surface area contributed by atoms with Crippen LogP contribution in [-0.2, 0) is 9.59 Å². The van der Waals surface area contributed by atoms with Crippen LogP contribution in [0.1, 0.15) is 106 Å². The van der Waals surface area contributed by atoms with Crippen LogP contribution in [0.2, 0.25) is 0 Å². The molecule has 0 aromatic heterocycles. The van der Waals surface area contributed by atoms with Crippen LogP contribution in [0.5, 0.6) is 0 Å². The summed E-state index contributed by atoms with van der Waals surface area (Å²) in [6.07, 6.45) is 5.37. The van der Waals surface area contributed by atoms with Crippen LogP contribution in [0.25, 0.3) is 11.1 Å². The fraction of sp³-hybridized carbons (Fsp3) is 0.400. The Morgan fingerprint density at radius 1 is 0.500 bits per heavy atom. The second-order valence-electron chi connectivity index (χ2n) is 10.2. The van der Waals surface area contributed by atoms with Gasteiger partial charge < -0.3 is 10.2 Å². The van der Waals surface area contributed by atoms with E-state index in [4.69, 9.17) is 10.2 Å². The number of hydrogen-bond acceptors (Lipinski definition) is 6. The summed E-state index contributed by atoms with van der Waals surface area (Å²) >= 11 is 0. The zero-order valence-corrected chi connectivity index (χ0v) is 22.2. The lowest BCUT2D eigenvalue weighted by Gasteiger charge is -2.13. The predicted molar refractivity (Wildman–Crippen MR) is 144 cm³/mol. The van der Waals surface area contributed by atoms with Crippen molar-refractivity contribution in [2.75, 3.05) is 13.1 Å². The minimum atomic E-state index is -0.838. The van der Waals surface area contributed by atoms with E-state index in [-0.39, 0.29) is 49.6 Å². The van der Waals surface area contributed by atoms with Crippen molar-refractivity contribution in [3.05, 3.63) is 58.7 Å². The van der Waals surface area contributed by atoms with Gasteiger partial charge in [-0.2, -0.15) is 0 Å². The quantitative estimate of drug-likeness (QED) is 0.242. The molecular weight excluding hydrogens is 516 g/mol. The fourth-order valence-corrected chi connectivity index (χ4v) is 5.15. The highest BCUT2D eigenvalue weighted by Crippen LogP contribution is 2.32. The van der Waals surface area contributed by atoms with Crippen molar-refractivity contribution in [2.24, 2.45) is 0 Å². The fourth-order valence-electron chi connectivity index (χ4n) is 5.15. The SMILES string of the molecule is O=C(O)CCCCCCN1C(=O)c2ccc(-c3ccc4c(c3)C(=O)N(CCCCCCC(=O)O)C4=O)cc2C1=O. The number of imide groups is 2. The summed E-state index contributed by atoms with van der Waals surface area (Å²) < 4.78 is 0. The molecule has 210 valence electrons. The minimum absolute atomic E-state index is 0.104. The van der Waals surface area contributed by atoms with Crippen LogP contribution in [0.3, 0.4) is 0 Å². The van der Waals surface area contributed by atoms with E-state index in [1.807, 2.05) is 0 Å². The summed E-state index contributed by atoms with van der Waals surface area (Å²) in [7, 11) is 0. The Morgan fingerprint density at radius 3 is 1.23 bits per heavy atom. The molecule has 4 rings (SSSR count). The maximum atomic E-state index is 13.0. The van der Waals surface area contributed by atoms with Crippen molar-refractivity contribution < 1.29 is 39.0 Å². The molecule has 2 heterocycles. The number of aliphatic carboxylic acids is 2. The van der Waals surface area contributed by atoms with Crippen molar-refractivity contribution in [3.8, 4) is 11.1 Å². The standard InChI is InChI=1S/C30H32N2O8/c33-25(34)9-5-1-3-7-15-31-27(37)21-13-11-19(17-23(21)29(31)39)20-12-14-22-24(18-20)30(40)32(28(22)38)16-8-4-2-6-10-26(35)36/h11-14,17-18H,1-10,15-16H2,(H,33,34)(H,35,36). The Morgan fingerprint density at radius 2 is 0.850 bits per heavy atom. The normalized spacial score (nSPS) is 14.2. The Bertz CT molecular complexity index is 1260. The molecule has 0 spiro atoms. The van der Waals surface area contributed by atoms with E-state index in [0.717, 1.165) is 12.8 Å². The zero-order valence-electron chi connectivity index (χ0n) is 22.2. The third kappa shape index (κ3) is 6.27. The summed E-state index contributed by atoms with van der Waals surface area (Å²) in [5.41, 5.74) is 2.52. The van der Waals surface area contributed by atoms with Gasteiger partial charge in [-0.3, -0.25) is 38.6 Å². The molecule has 2 aliphatic heterocycles. The van der Waals surface area contributed by atoms with Crippen molar-refractivity contribution >= 4 is 35.6 Å². The van der Waals surface area contributed by atoms with Gasteiger partial charge in [0.05, 0.1) is 22.3 Å². The predicted octanol–water partition coefficient (Wildman–Crippen LogP) is 4.62. The van der Waals surface area contributed by atoms with Gasteiger partial charge in [0.15, 0.2) is 0 Å². The van der Waals surface area contributed by atoms with Crippen LogP contribution in [-0.4, -0.2) is 68.7 Å². The second kappa shape index (κ2) is 12.7. The highest BCUT2D eigenvalue weighted by atomic mass is 16.4. The molecule has 4 amide bonds. The van der Waals surface area contributed by atoms with Crippen LogP contribution in [0, 0.1) is 0 Å². The topological polar surface area (TPSA) is 149 Å². The van der Waals surface area contributed by atoms with E-state index in [2.05, 4.69) is 0 Å². The first-order chi connectivity index (χ1) is 19.2. The molecule has 10 heteroatoms. The first-order valence-electron chi connectivity index (χ1n) is 13.6. The molecule has 2 N–H and O–H groups in total. The molecule has 0 bridgehead atoms. The van der Waals surface area contributed by atoms with Gasteiger partial charge in [0.1, 0.15) is 0 Å². The second-order valence-corrected chi connectivity index (χ2v) is 10.2. The molecule has 0 saturated heterocycles. The number of benzene rings is 2. The number of carbonyl (C=O) groups is 6. The van der Waals surface area contributed by atoms with Crippen molar-refractivity contribution in [2.45, 2.75) is 64.2 Å². The summed E-state index contributed by atoms with van der Waals surface area (Å²) in [6.45, 7) is 0.527. The lowest BCUT2D eigenvalue weighted by molar-refractivity contribution is -0.138. The van der Waals surface area contributed by atoms with E-state index < -0.39 is 11.9 Å². The molecule has 2 aromatic carbocycles. The maximum absolute atomic E-state index is 13.0. The first-order valence-corrected chi connectivity index (χ1v) is 13.6. The van der Waals surface area contributed by atoms with Gasteiger partial charge in [-0.1, -0.05) is 37.8 Å². The number of carboxylic acids is 2. The molecule has 0 saturated carbocycles. The molecule has 10 nitrogen and oxygen atoms in total. The Kier molecular flexibility index (Phi) is 9.08. The van der Waals surface area contributed by atoms with Crippen LogP contribution >= 0.6 is 0 Å². The molecule has 2 aromatic rings. The van der Waals surface area contributed by atoms with E-state index in [0.29, 0.717) is 71.9 Å². The molecule has 0 unspecified atom stereocenters. The number of fused-ring (bicyclic) bond motifs is 2. The molecule has 0 fully saturated rings. The highest BCUT2D eigenvalue weighted by molar-refractivity contribution is 6.23. The van der Waals surface area contributed by atoms with Crippen molar-refractivity contribution in [1.82, 2.24) is 9.80 Å². The van der Waals surface area contributed by atoms with Gasteiger partial charge in [0.2, 0.25) is 0 Å². The van der Waals surface area contributed by atoms with Crippen LogP contribution in [0.15, 0.2) is 36.4 Å². The third-order valence-corrected chi connectivity index (χ3v) is 7.32.